The Balaban J connectivity index is 1.59. The van der Waals surface area contributed by atoms with Gasteiger partial charge in [-0.25, -0.2) is 0 Å². The van der Waals surface area contributed by atoms with Crippen LogP contribution >= 0.6 is 0 Å². The molecule has 0 bridgehead atoms. The van der Waals surface area contributed by atoms with E-state index in [0.29, 0.717) is 35.9 Å². The normalized spacial score (nSPS) is 44.8. The number of esters is 1. The molecular formula is C24H34O4. The summed E-state index contributed by atoms with van der Waals surface area (Å²) in [6.07, 6.45) is 9.13. The summed E-state index contributed by atoms with van der Waals surface area (Å²) in [5, 5.41) is 0. The summed E-state index contributed by atoms with van der Waals surface area (Å²) in [5.74, 6) is 2.20. The highest BCUT2D eigenvalue weighted by Crippen LogP contribution is 2.67. The van der Waals surface area contributed by atoms with E-state index in [1.54, 1.807) is 0 Å². The van der Waals surface area contributed by atoms with E-state index in [9.17, 15) is 14.4 Å². The molecule has 3 saturated carbocycles. The number of fused-ring (bicyclic) bond motifs is 5. The SMILES string of the molecule is CC(=O)OCC(=O)[C@H]1[C@H](C)C[C@H]2[C@@H]3CCC4=CC(=O)CC[C@]4(C)[C@H]3CC[C@@]21C. The van der Waals surface area contributed by atoms with Crippen molar-refractivity contribution in [1.29, 1.82) is 0 Å². The summed E-state index contributed by atoms with van der Waals surface area (Å²) in [4.78, 5) is 36.1. The van der Waals surface area contributed by atoms with Gasteiger partial charge in [-0.2, -0.15) is 0 Å². The zero-order valence-corrected chi connectivity index (χ0v) is 17.8. The van der Waals surface area contributed by atoms with Crippen molar-refractivity contribution in [2.45, 2.75) is 72.6 Å². The molecule has 0 N–H and O–H groups in total. The number of carbonyl (C=O) groups is 3. The number of rotatable bonds is 3. The van der Waals surface area contributed by atoms with E-state index in [-0.39, 0.29) is 35.1 Å². The predicted molar refractivity (Wildman–Crippen MR) is 106 cm³/mol. The highest BCUT2D eigenvalue weighted by molar-refractivity contribution is 5.91. The van der Waals surface area contributed by atoms with E-state index >= 15 is 0 Å². The number of ketones is 2. The first-order valence-corrected chi connectivity index (χ1v) is 11.1. The summed E-state index contributed by atoms with van der Waals surface area (Å²) in [5.41, 5.74) is 1.57. The molecule has 0 amide bonds. The lowest BCUT2D eigenvalue weighted by Crippen LogP contribution is -2.51. The van der Waals surface area contributed by atoms with Crippen LogP contribution in [0.3, 0.4) is 0 Å². The molecule has 0 aromatic carbocycles. The van der Waals surface area contributed by atoms with Gasteiger partial charge in [0.15, 0.2) is 11.6 Å². The molecule has 0 radical (unpaired) electrons. The fourth-order valence-electron chi connectivity index (χ4n) is 7.87. The van der Waals surface area contributed by atoms with Gasteiger partial charge in [-0.15, -0.1) is 0 Å². The van der Waals surface area contributed by atoms with E-state index in [2.05, 4.69) is 20.8 Å². The van der Waals surface area contributed by atoms with E-state index < -0.39 is 0 Å². The number of ether oxygens (including phenoxy) is 1. The molecule has 3 fully saturated rings. The topological polar surface area (TPSA) is 60.4 Å². The number of carbonyl (C=O) groups excluding carboxylic acids is 3. The quantitative estimate of drug-likeness (QED) is 0.670. The van der Waals surface area contributed by atoms with Crippen molar-refractivity contribution in [2.24, 2.45) is 40.4 Å². The summed E-state index contributed by atoms with van der Waals surface area (Å²) in [6, 6.07) is 0. The molecule has 4 aliphatic rings. The van der Waals surface area contributed by atoms with Crippen LogP contribution in [0.4, 0.5) is 0 Å². The highest BCUT2D eigenvalue weighted by atomic mass is 16.5. The average molecular weight is 387 g/mol. The molecule has 0 spiro atoms. The van der Waals surface area contributed by atoms with Gasteiger partial charge in [-0.3, -0.25) is 14.4 Å². The van der Waals surface area contributed by atoms with Crippen molar-refractivity contribution in [3.63, 3.8) is 0 Å². The Morgan fingerprint density at radius 2 is 1.89 bits per heavy atom. The molecule has 4 heteroatoms. The van der Waals surface area contributed by atoms with Crippen LogP contribution in [0.15, 0.2) is 11.6 Å². The molecule has 28 heavy (non-hydrogen) atoms. The fraction of sp³-hybridized carbons (Fsp3) is 0.792. The largest absolute Gasteiger partial charge is 0.458 e. The fourth-order valence-corrected chi connectivity index (χ4v) is 7.87. The number of hydrogen-bond acceptors (Lipinski definition) is 4. The first-order valence-electron chi connectivity index (χ1n) is 11.1. The van der Waals surface area contributed by atoms with Gasteiger partial charge in [0.1, 0.15) is 6.61 Å². The first-order chi connectivity index (χ1) is 13.2. The zero-order chi connectivity index (χ0) is 20.3. The second-order valence-corrected chi connectivity index (χ2v) is 10.5. The van der Waals surface area contributed by atoms with E-state index in [4.69, 9.17) is 4.74 Å². The molecule has 4 aliphatic carbocycles. The van der Waals surface area contributed by atoms with Crippen LogP contribution in [-0.4, -0.2) is 24.1 Å². The molecule has 0 unspecified atom stereocenters. The van der Waals surface area contributed by atoms with Crippen LogP contribution in [0.1, 0.15) is 72.6 Å². The molecule has 4 nitrogen and oxygen atoms in total. The van der Waals surface area contributed by atoms with Gasteiger partial charge >= 0.3 is 5.97 Å². The van der Waals surface area contributed by atoms with Gasteiger partial charge in [0, 0.05) is 19.3 Å². The Labute approximate surface area is 168 Å². The Hall–Kier alpha value is -1.45. The second-order valence-electron chi connectivity index (χ2n) is 10.5. The third kappa shape index (κ3) is 2.90. The van der Waals surface area contributed by atoms with Crippen molar-refractivity contribution < 1.29 is 19.1 Å². The van der Waals surface area contributed by atoms with Crippen molar-refractivity contribution in [1.82, 2.24) is 0 Å². The minimum Gasteiger partial charge on any atom is -0.458 e. The molecular weight excluding hydrogens is 352 g/mol. The predicted octanol–water partition coefficient (Wildman–Crippen LogP) is 4.51. The molecule has 0 saturated heterocycles. The maximum atomic E-state index is 13.0. The maximum absolute atomic E-state index is 13.0. The summed E-state index contributed by atoms with van der Waals surface area (Å²) in [7, 11) is 0. The summed E-state index contributed by atoms with van der Waals surface area (Å²) >= 11 is 0. The van der Waals surface area contributed by atoms with Gasteiger partial charge in [-0.1, -0.05) is 26.3 Å². The molecule has 0 aromatic rings. The van der Waals surface area contributed by atoms with Crippen molar-refractivity contribution in [3.05, 3.63) is 11.6 Å². The molecule has 7 atom stereocenters. The Kier molecular flexibility index (Phi) is 4.83. The van der Waals surface area contributed by atoms with Crippen LogP contribution in [0.5, 0.6) is 0 Å². The van der Waals surface area contributed by atoms with E-state index in [1.807, 2.05) is 6.08 Å². The zero-order valence-electron chi connectivity index (χ0n) is 17.8. The Morgan fingerprint density at radius 3 is 2.61 bits per heavy atom. The minimum absolute atomic E-state index is 0.00419. The van der Waals surface area contributed by atoms with Crippen LogP contribution in [-0.2, 0) is 19.1 Å². The third-order valence-corrected chi connectivity index (χ3v) is 9.07. The lowest BCUT2D eigenvalue weighted by Gasteiger charge is -2.58. The van der Waals surface area contributed by atoms with Gasteiger partial charge in [0.2, 0.25) is 0 Å². The number of hydrogen-bond donors (Lipinski definition) is 0. The van der Waals surface area contributed by atoms with Gasteiger partial charge < -0.3 is 4.74 Å². The molecule has 0 heterocycles. The monoisotopic (exact) mass is 386 g/mol. The Bertz CT molecular complexity index is 737. The highest BCUT2D eigenvalue weighted by Gasteiger charge is 2.61. The maximum Gasteiger partial charge on any atom is 0.303 e. The number of allylic oxidation sites excluding steroid dienone is 1. The molecule has 154 valence electrons. The van der Waals surface area contributed by atoms with Crippen molar-refractivity contribution in [3.8, 4) is 0 Å². The standard InChI is InChI=1S/C24H34O4/c1-14-11-20-18-6-5-16-12-17(26)7-9-23(16,3)19(18)8-10-24(20,4)22(14)21(27)13-28-15(2)25/h12,14,18-20,22H,5-11,13H2,1-4H3/t14-,18-,19+,20+,22-,23+,24+/m1/s1. The number of Topliss-reactive ketones (excluding diaryl/α,β-unsaturated/α-hetero) is 1. The van der Waals surface area contributed by atoms with Crippen LogP contribution in [0.2, 0.25) is 0 Å². The molecule has 0 aromatic heterocycles. The first kappa shape index (κ1) is 19.8. The van der Waals surface area contributed by atoms with Gasteiger partial charge in [0.05, 0.1) is 0 Å². The van der Waals surface area contributed by atoms with Gasteiger partial charge in [-0.05, 0) is 79.1 Å². The third-order valence-electron chi connectivity index (χ3n) is 9.07. The van der Waals surface area contributed by atoms with Crippen molar-refractivity contribution in [2.75, 3.05) is 6.61 Å². The minimum atomic E-state index is -0.379. The van der Waals surface area contributed by atoms with E-state index in [1.165, 1.54) is 12.5 Å². The molecule has 0 aliphatic heterocycles. The average Bonchev–Trinajstić information content (AvgIpc) is 2.90. The van der Waals surface area contributed by atoms with Crippen LogP contribution in [0, 0.1) is 40.4 Å². The summed E-state index contributed by atoms with van der Waals surface area (Å²) < 4.78 is 5.06. The van der Waals surface area contributed by atoms with Gasteiger partial charge in [0.25, 0.3) is 0 Å². The van der Waals surface area contributed by atoms with E-state index in [0.717, 1.165) is 38.5 Å². The second kappa shape index (κ2) is 6.81. The van der Waals surface area contributed by atoms with Crippen LogP contribution in [0.25, 0.3) is 0 Å². The summed E-state index contributed by atoms with van der Waals surface area (Å²) in [6.45, 7) is 8.22. The molecule has 4 rings (SSSR count). The lowest BCUT2D eigenvalue weighted by atomic mass is 9.46. The lowest BCUT2D eigenvalue weighted by molar-refractivity contribution is -0.149. The Morgan fingerprint density at radius 1 is 1.14 bits per heavy atom. The van der Waals surface area contributed by atoms with Crippen molar-refractivity contribution >= 4 is 17.5 Å². The smallest absolute Gasteiger partial charge is 0.303 e. The van der Waals surface area contributed by atoms with Crippen LogP contribution < -0.4 is 0 Å².